The molecular weight excluding hydrogens is 264 g/mol. The van der Waals surface area contributed by atoms with Crippen LogP contribution in [0.3, 0.4) is 0 Å². The highest BCUT2D eigenvalue weighted by molar-refractivity contribution is 6.33. The van der Waals surface area contributed by atoms with Crippen LogP contribution in [0, 0.1) is 0 Å². The fraction of sp³-hybridized carbons (Fsp3) is 0.571. The maximum absolute atomic E-state index is 9.93. The summed E-state index contributed by atoms with van der Waals surface area (Å²) in [6.07, 6.45) is 0.390. The molecule has 1 aliphatic heterocycles. The zero-order chi connectivity index (χ0) is 14.0. The Morgan fingerprint density at radius 2 is 2.16 bits per heavy atom. The zero-order valence-corrected chi connectivity index (χ0v) is 12.1. The fourth-order valence-corrected chi connectivity index (χ4v) is 3.07. The molecule has 5 heteroatoms. The monoisotopic (exact) mass is 284 g/mol. The van der Waals surface area contributed by atoms with Crippen LogP contribution in [0.1, 0.15) is 12.0 Å². The summed E-state index contributed by atoms with van der Waals surface area (Å²) in [6, 6.07) is 5.76. The van der Waals surface area contributed by atoms with E-state index in [1.807, 2.05) is 32.3 Å². The van der Waals surface area contributed by atoms with Crippen molar-refractivity contribution in [2.45, 2.75) is 25.2 Å². The van der Waals surface area contributed by atoms with Gasteiger partial charge in [-0.1, -0.05) is 23.7 Å². The van der Waals surface area contributed by atoms with Crippen molar-refractivity contribution in [3.63, 3.8) is 0 Å². The third-order valence-corrected chi connectivity index (χ3v) is 3.80. The van der Waals surface area contributed by atoms with Crippen molar-refractivity contribution in [1.29, 1.82) is 0 Å². The van der Waals surface area contributed by atoms with Gasteiger partial charge in [-0.2, -0.15) is 0 Å². The van der Waals surface area contributed by atoms with Crippen molar-refractivity contribution in [2.75, 3.05) is 32.1 Å². The van der Waals surface area contributed by atoms with Gasteiger partial charge in [-0.25, -0.2) is 0 Å². The molecule has 0 aromatic heterocycles. The fourth-order valence-electron chi connectivity index (χ4n) is 2.77. The Balaban J connectivity index is 2.33. The highest BCUT2D eigenvalue weighted by atomic mass is 35.5. The second kappa shape index (κ2) is 6.09. The number of halogens is 1. The van der Waals surface area contributed by atoms with Crippen LogP contribution in [0.2, 0.25) is 5.02 Å². The van der Waals surface area contributed by atoms with Crippen molar-refractivity contribution >= 4 is 17.3 Å². The average molecular weight is 285 g/mol. The number of aliphatic hydroxyl groups excluding tert-OH is 2. The highest BCUT2D eigenvalue weighted by Crippen LogP contribution is 2.35. The van der Waals surface area contributed by atoms with Crippen LogP contribution in [0.25, 0.3) is 0 Å². The Bertz CT molecular complexity index is 439. The third kappa shape index (κ3) is 3.20. The smallest absolute Gasteiger partial charge is 0.0735 e. The Morgan fingerprint density at radius 1 is 1.42 bits per heavy atom. The van der Waals surface area contributed by atoms with Crippen molar-refractivity contribution in [3.05, 3.63) is 28.8 Å². The number of aliphatic hydroxyl groups is 2. The Kier molecular flexibility index (Phi) is 4.68. The summed E-state index contributed by atoms with van der Waals surface area (Å²) in [5.41, 5.74) is 1.67. The van der Waals surface area contributed by atoms with Gasteiger partial charge in [0.1, 0.15) is 0 Å². The van der Waals surface area contributed by atoms with Crippen LogP contribution in [0.15, 0.2) is 18.2 Å². The Hall–Kier alpha value is -0.810. The molecule has 2 rings (SSSR count). The van der Waals surface area contributed by atoms with Gasteiger partial charge in [0.05, 0.1) is 23.4 Å². The van der Waals surface area contributed by atoms with Gasteiger partial charge in [0.15, 0.2) is 0 Å². The molecule has 1 aliphatic rings. The van der Waals surface area contributed by atoms with Gasteiger partial charge in [0.25, 0.3) is 0 Å². The van der Waals surface area contributed by atoms with Gasteiger partial charge in [-0.3, -0.25) is 0 Å². The van der Waals surface area contributed by atoms with E-state index in [0.717, 1.165) is 24.2 Å². The van der Waals surface area contributed by atoms with E-state index in [-0.39, 0.29) is 18.8 Å². The van der Waals surface area contributed by atoms with E-state index < -0.39 is 0 Å². The lowest BCUT2D eigenvalue weighted by molar-refractivity contribution is 0.191. The average Bonchev–Trinajstić information content (AvgIpc) is 2.68. The van der Waals surface area contributed by atoms with Gasteiger partial charge < -0.3 is 20.0 Å². The second-order valence-electron chi connectivity index (χ2n) is 5.36. The van der Waals surface area contributed by atoms with E-state index in [0.29, 0.717) is 11.6 Å². The van der Waals surface area contributed by atoms with E-state index >= 15 is 0 Å². The molecule has 0 spiro atoms. The van der Waals surface area contributed by atoms with E-state index in [9.17, 15) is 10.2 Å². The molecule has 2 N–H and O–H groups in total. The lowest BCUT2D eigenvalue weighted by Gasteiger charge is -2.31. The molecule has 4 nitrogen and oxygen atoms in total. The summed E-state index contributed by atoms with van der Waals surface area (Å²) in [6.45, 7) is 1.37. The second-order valence-corrected chi connectivity index (χ2v) is 5.77. The predicted octanol–water partition coefficient (Wildman–Crippen LogP) is 1.33. The van der Waals surface area contributed by atoms with E-state index in [2.05, 4.69) is 9.80 Å². The van der Waals surface area contributed by atoms with Gasteiger partial charge in [0.2, 0.25) is 0 Å². The first kappa shape index (κ1) is 14.6. The predicted molar refractivity (Wildman–Crippen MR) is 77.7 cm³/mol. The number of anilines is 1. The first-order valence-corrected chi connectivity index (χ1v) is 6.88. The normalized spacial score (nSPS) is 23.4. The van der Waals surface area contributed by atoms with Crippen LogP contribution in [0.4, 0.5) is 5.69 Å². The molecule has 0 radical (unpaired) electrons. The molecule has 19 heavy (non-hydrogen) atoms. The summed E-state index contributed by atoms with van der Waals surface area (Å²) < 4.78 is 0. The first-order valence-electron chi connectivity index (χ1n) is 6.50. The first-order chi connectivity index (χ1) is 9.02. The molecule has 0 bridgehead atoms. The van der Waals surface area contributed by atoms with Gasteiger partial charge in [-0.15, -0.1) is 0 Å². The number of hydrogen-bond acceptors (Lipinski definition) is 4. The molecule has 2 unspecified atom stereocenters. The number of para-hydroxylation sites is 1. The third-order valence-electron chi connectivity index (χ3n) is 3.50. The van der Waals surface area contributed by atoms with Crippen LogP contribution in [0.5, 0.6) is 0 Å². The van der Waals surface area contributed by atoms with Gasteiger partial charge in [0, 0.05) is 24.7 Å². The van der Waals surface area contributed by atoms with Crippen molar-refractivity contribution in [3.8, 4) is 0 Å². The van der Waals surface area contributed by atoms with Crippen molar-refractivity contribution in [2.24, 2.45) is 0 Å². The minimum absolute atomic E-state index is 0.0445. The summed E-state index contributed by atoms with van der Waals surface area (Å²) in [4.78, 5) is 4.23. The molecule has 1 saturated heterocycles. The van der Waals surface area contributed by atoms with Crippen molar-refractivity contribution in [1.82, 2.24) is 4.90 Å². The number of nitrogens with zero attached hydrogens (tertiary/aromatic N) is 2. The molecule has 0 saturated carbocycles. The Morgan fingerprint density at radius 3 is 2.79 bits per heavy atom. The molecule has 1 aromatic carbocycles. The van der Waals surface area contributed by atoms with Crippen LogP contribution >= 0.6 is 11.6 Å². The molecule has 2 atom stereocenters. The minimum Gasteiger partial charge on any atom is -0.392 e. The standard InChI is InChI=1S/C14H21ClN2O2/c1-16(2)7-11-6-12(19)8-17(11)14-10(9-18)4-3-5-13(14)15/h3-5,11-12,18-19H,6-9H2,1-2H3. The topological polar surface area (TPSA) is 46.9 Å². The lowest BCUT2D eigenvalue weighted by Crippen LogP contribution is -2.38. The molecule has 106 valence electrons. The highest BCUT2D eigenvalue weighted by Gasteiger charge is 2.33. The van der Waals surface area contributed by atoms with E-state index in [1.165, 1.54) is 0 Å². The maximum atomic E-state index is 9.93. The summed E-state index contributed by atoms with van der Waals surface area (Å²) in [5, 5.41) is 20.0. The molecule has 0 aliphatic carbocycles. The number of benzene rings is 1. The zero-order valence-electron chi connectivity index (χ0n) is 11.4. The summed E-state index contributed by atoms with van der Waals surface area (Å²) in [7, 11) is 4.03. The quantitative estimate of drug-likeness (QED) is 0.876. The van der Waals surface area contributed by atoms with Gasteiger partial charge in [-0.05, 0) is 26.6 Å². The van der Waals surface area contributed by atoms with Crippen LogP contribution in [-0.4, -0.2) is 54.4 Å². The minimum atomic E-state index is -0.340. The summed E-state index contributed by atoms with van der Waals surface area (Å²) >= 11 is 6.29. The van der Waals surface area contributed by atoms with E-state index in [4.69, 9.17) is 11.6 Å². The SMILES string of the molecule is CN(C)CC1CC(O)CN1c1c(Cl)cccc1CO. The molecule has 1 heterocycles. The van der Waals surface area contributed by atoms with Crippen LogP contribution in [-0.2, 0) is 6.61 Å². The van der Waals surface area contributed by atoms with Gasteiger partial charge >= 0.3 is 0 Å². The number of likely N-dealkylation sites (N-methyl/N-ethyl adjacent to an activating group) is 1. The maximum Gasteiger partial charge on any atom is 0.0735 e. The summed E-state index contributed by atoms with van der Waals surface area (Å²) in [5.74, 6) is 0. The lowest BCUT2D eigenvalue weighted by atomic mass is 10.1. The Labute approximate surface area is 119 Å². The molecule has 1 fully saturated rings. The largest absolute Gasteiger partial charge is 0.392 e. The van der Waals surface area contributed by atoms with Crippen LogP contribution < -0.4 is 4.90 Å². The number of hydrogen-bond donors (Lipinski definition) is 2. The molecule has 0 amide bonds. The number of β-amino-alcohol motifs (C(OH)–C–C–N with tert-alkyl or cyclic N) is 1. The van der Waals surface area contributed by atoms with Crippen molar-refractivity contribution < 1.29 is 10.2 Å². The number of rotatable bonds is 4. The molecular formula is C14H21ClN2O2. The molecule has 1 aromatic rings. The van der Waals surface area contributed by atoms with E-state index in [1.54, 1.807) is 0 Å².